The van der Waals surface area contributed by atoms with Gasteiger partial charge in [0.1, 0.15) is 11.3 Å². The number of nitrogens with zero attached hydrogens (tertiary/aromatic N) is 2. The van der Waals surface area contributed by atoms with E-state index in [1.54, 1.807) is 24.3 Å². The number of carboxylic acid groups (broad SMARTS) is 1. The van der Waals surface area contributed by atoms with Gasteiger partial charge in [0.25, 0.3) is 0 Å². The molecule has 1 saturated heterocycles. The van der Waals surface area contributed by atoms with Gasteiger partial charge in [-0.2, -0.15) is 0 Å². The van der Waals surface area contributed by atoms with Gasteiger partial charge in [-0.3, -0.25) is 0 Å². The lowest BCUT2D eigenvalue weighted by Crippen LogP contribution is -2.37. The third kappa shape index (κ3) is 3.90. The molecule has 126 valence electrons. The molecule has 6 nitrogen and oxygen atoms in total. The topological polar surface area (TPSA) is 71.9 Å². The number of anilines is 1. The number of aromatic nitrogens is 1. The van der Waals surface area contributed by atoms with Crippen LogP contribution in [0, 0.1) is 0 Å². The molecule has 0 spiro atoms. The van der Waals surface area contributed by atoms with Crippen LogP contribution in [0.3, 0.4) is 0 Å². The molecule has 0 aliphatic carbocycles. The Balaban J connectivity index is 1.92. The van der Waals surface area contributed by atoms with E-state index in [0.29, 0.717) is 47.8 Å². The van der Waals surface area contributed by atoms with Gasteiger partial charge in [-0.1, -0.05) is 23.2 Å². The number of rotatable bonds is 4. The van der Waals surface area contributed by atoms with Crippen LogP contribution in [-0.2, 0) is 4.74 Å². The maximum atomic E-state index is 11.4. The summed E-state index contributed by atoms with van der Waals surface area (Å²) in [6.45, 7) is 2.29. The molecule has 0 atom stereocenters. The van der Waals surface area contributed by atoms with Crippen LogP contribution < -0.4 is 9.64 Å². The Morgan fingerprint density at radius 2 is 1.83 bits per heavy atom. The molecule has 2 aromatic rings. The molecule has 1 fully saturated rings. The van der Waals surface area contributed by atoms with E-state index in [0.717, 1.165) is 0 Å². The molecule has 2 heterocycles. The van der Waals surface area contributed by atoms with Crippen molar-refractivity contribution in [2.75, 3.05) is 31.2 Å². The highest BCUT2D eigenvalue weighted by Crippen LogP contribution is 2.31. The number of carbonyl (C=O) groups is 1. The zero-order valence-electron chi connectivity index (χ0n) is 12.5. The van der Waals surface area contributed by atoms with E-state index in [9.17, 15) is 9.90 Å². The molecular weight excluding hydrogens is 355 g/mol. The van der Waals surface area contributed by atoms with Crippen LogP contribution in [0.15, 0.2) is 30.5 Å². The second kappa shape index (κ2) is 7.25. The maximum absolute atomic E-state index is 11.4. The number of hydrogen-bond acceptors (Lipinski definition) is 5. The molecular formula is C16H14Cl2N2O4. The average molecular weight is 369 g/mol. The summed E-state index contributed by atoms with van der Waals surface area (Å²) in [6.07, 6.45) is 1.29. The van der Waals surface area contributed by atoms with Crippen molar-refractivity contribution in [2.45, 2.75) is 0 Å². The lowest BCUT2D eigenvalue weighted by atomic mass is 10.2. The van der Waals surface area contributed by atoms with E-state index in [-0.39, 0.29) is 11.4 Å². The highest BCUT2D eigenvalue weighted by molar-refractivity contribution is 6.34. The van der Waals surface area contributed by atoms with Gasteiger partial charge < -0.3 is 19.5 Å². The number of hydrogen-bond donors (Lipinski definition) is 1. The van der Waals surface area contributed by atoms with Crippen molar-refractivity contribution in [3.63, 3.8) is 0 Å². The van der Waals surface area contributed by atoms with Crippen molar-refractivity contribution in [2.24, 2.45) is 0 Å². The smallest absolute Gasteiger partial charge is 0.339 e. The standard InChI is InChI=1S/C16H14Cl2N2O4/c17-10-5-11(18)7-12(6-10)24-15-8-14(13(9-19-15)16(21)22)20-1-3-23-4-2-20/h5-9H,1-4H2,(H,21,22). The summed E-state index contributed by atoms with van der Waals surface area (Å²) < 4.78 is 11.0. The van der Waals surface area contributed by atoms with Crippen molar-refractivity contribution in [1.29, 1.82) is 0 Å². The number of morpholine rings is 1. The first-order valence-electron chi connectivity index (χ1n) is 7.23. The lowest BCUT2D eigenvalue weighted by molar-refractivity contribution is 0.0696. The van der Waals surface area contributed by atoms with E-state index in [1.807, 2.05) is 4.90 Å². The summed E-state index contributed by atoms with van der Waals surface area (Å²) in [5, 5.41) is 10.3. The van der Waals surface area contributed by atoms with Crippen LogP contribution in [0.1, 0.15) is 10.4 Å². The Kier molecular flexibility index (Phi) is 5.08. The van der Waals surface area contributed by atoms with Gasteiger partial charge in [0.05, 0.1) is 18.9 Å². The first-order valence-corrected chi connectivity index (χ1v) is 7.98. The van der Waals surface area contributed by atoms with Crippen molar-refractivity contribution >= 4 is 34.9 Å². The number of halogens is 2. The highest BCUT2D eigenvalue weighted by atomic mass is 35.5. The van der Waals surface area contributed by atoms with Gasteiger partial charge in [0.2, 0.25) is 5.88 Å². The first kappa shape index (κ1) is 16.8. The van der Waals surface area contributed by atoms with E-state index in [4.69, 9.17) is 32.7 Å². The van der Waals surface area contributed by atoms with Gasteiger partial charge in [-0.15, -0.1) is 0 Å². The fourth-order valence-electron chi connectivity index (χ4n) is 2.42. The predicted octanol–water partition coefficient (Wildman–Crippen LogP) is 3.72. The highest BCUT2D eigenvalue weighted by Gasteiger charge is 2.20. The molecule has 0 unspecified atom stereocenters. The molecule has 0 bridgehead atoms. The first-order chi connectivity index (χ1) is 11.5. The van der Waals surface area contributed by atoms with Gasteiger partial charge in [0, 0.05) is 35.4 Å². The summed E-state index contributed by atoms with van der Waals surface area (Å²) in [5.74, 6) is -0.350. The Hall–Kier alpha value is -2.02. The quantitative estimate of drug-likeness (QED) is 0.886. The van der Waals surface area contributed by atoms with Crippen LogP contribution in [0.2, 0.25) is 10.0 Å². The molecule has 8 heteroatoms. The second-order valence-corrected chi connectivity index (χ2v) is 6.02. The lowest BCUT2D eigenvalue weighted by Gasteiger charge is -2.29. The van der Waals surface area contributed by atoms with Gasteiger partial charge in [-0.25, -0.2) is 9.78 Å². The fourth-order valence-corrected chi connectivity index (χ4v) is 2.93. The molecule has 1 aromatic carbocycles. The zero-order valence-corrected chi connectivity index (χ0v) is 14.0. The van der Waals surface area contributed by atoms with Gasteiger partial charge in [-0.05, 0) is 18.2 Å². The summed E-state index contributed by atoms with van der Waals surface area (Å²) in [4.78, 5) is 17.4. The molecule has 3 rings (SSSR count). The minimum atomic E-state index is -1.04. The molecule has 1 aliphatic heterocycles. The van der Waals surface area contributed by atoms with E-state index < -0.39 is 5.97 Å². The molecule has 24 heavy (non-hydrogen) atoms. The molecule has 1 N–H and O–H groups in total. The normalized spacial score (nSPS) is 14.5. The average Bonchev–Trinajstić information content (AvgIpc) is 2.54. The number of aromatic carboxylic acids is 1. The summed E-state index contributed by atoms with van der Waals surface area (Å²) in [6, 6.07) is 6.41. The van der Waals surface area contributed by atoms with Gasteiger partial charge in [0.15, 0.2) is 0 Å². The van der Waals surface area contributed by atoms with Crippen LogP contribution in [-0.4, -0.2) is 42.4 Å². The number of ether oxygens (including phenoxy) is 2. The Morgan fingerprint density at radius 3 is 2.46 bits per heavy atom. The van der Waals surface area contributed by atoms with Crippen LogP contribution in [0.25, 0.3) is 0 Å². The molecule has 0 saturated carbocycles. The predicted molar refractivity (Wildman–Crippen MR) is 90.8 cm³/mol. The number of pyridine rings is 1. The third-order valence-corrected chi connectivity index (χ3v) is 3.93. The number of benzene rings is 1. The zero-order chi connectivity index (χ0) is 17.1. The molecule has 1 aromatic heterocycles. The Labute approximate surface area is 148 Å². The minimum absolute atomic E-state index is 0.119. The Morgan fingerprint density at radius 1 is 1.17 bits per heavy atom. The van der Waals surface area contributed by atoms with Crippen LogP contribution >= 0.6 is 23.2 Å². The van der Waals surface area contributed by atoms with E-state index in [1.165, 1.54) is 6.20 Å². The largest absolute Gasteiger partial charge is 0.478 e. The summed E-state index contributed by atoms with van der Waals surface area (Å²) in [5.41, 5.74) is 0.664. The SMILES string of the molecule is O=C(O)c1cnc(Oc2cc(Cl)cc(Cl)c2)cc1N1CCOCC1. The monoisotopic (exact) mass is 368 g/mol. The molecule has 0 radical (unpaired) electrons. The van der Waals surface area contributed by atoms with Gasteiger partial charge >= 0.3 is 5.97 Å². The van der Waals surface area contributed by atoms with E-state index >= 15 is 0 Å². The number of carboxylic acids is 1. The molecule has 0 amide bonds. The Bertz CT molecular complexity index is 743. The van der Waals surface area contributed by atoms with E-state index in [2.05, 4.69) is 4.98 Å². The maximum Gasteiger partial charge on any atom is 0.339 e. The second-order valence-electron chi connectivity index (χ2n) is 5.15. The van der Waals surface area contributed by atoms with Crippen molar-refractivity contribution in [3.05, 3.63) is 46.1 Å². The molecule has 1 aliphatic rings. The summed E-state index contributed by atoms with van der Waals surface area (Å²) >= 11 is 11.9. The van der Waals surface area contributed by atoms with Crippen molar-refractivity contribution < 1.29 is 19.4 Å². The van der Waals surface area contributed by atoms with Crippen molar-refractivity contribution in [1.82, 2.24) is 4.98 Å². The van der Waals surface area contributed by atoms with Crippen molar-refractivity contribution in [3.8, 4) is 11.6 Å². The summed E-state index contributed by atoms with van der Waals surface area (Å²) in [7, 11) is 0. The fraction of sp³-hybridized carbons (Fsp3) is 0.250. The van der Waals surface area contributed by atoms with Crippen LogP contribution in [0.5, 0.6) is 11.6 Å². The minimum Gasteiger partial charge on any atom is -0.478 e. The van der Waals surface area contributed by atoms with Crippen LogP contribution in [0.4, 0.5) is 5.69 Å². The third-order valence-electron chi connectivity index (χ3n) is 3.50.